The average Bonchev–Trinajstić information content (AvgIpc) is 3.63. The minimum atomic E-state index is -1.86. The summed E-state index contributed by atoms with van der Waals surface area (Å²) in [5.74, 6) is -0.811. The van der Waals surface area contributed by atoms with E-state index in [1.54, 1.807) is 14.5 Å². The lowest BCUT2D eigenvalue weighted by molar-refractivity contribution is -0.139. The SMILES string of the molecule is C[C@H](/C=C/CCn1cc(CCO)nn1)[C@@]1(O)C(=O)N(Cc2cccc(N3CCCCCCC3=O)c2)c2ccc(N3CCCCCCC3=O)cc21. The lowest BCUT2D eigenvalue weighted by atomic mass is 9.82. The molecule has 50 heavy (non-hydrogen) atoms. The van der Waals surface area contributed by atoms with Crippen LogP contribution in [-0.4, -0.2) is 62.6 Å². The van der Waals surface area contributed by atoms with Gasteiger partial charge in [-0.05, 0) is 68.0 Å². The fourth-order valence-electron chi connectivity index (χ4n) is 7.45. The minimum absolute atomic E-state index is 0.0123. The van der Waals surface area contributed by atoms with Crippen molar-refractivity contribution in [2.75, 3.05) is 34.4 Å². The Morgan fingerprint density at radius 1 is 0.880 bits per heavy atom. The fourth-order valence-corrected chi connectivity index (χ4v) is 7.45. The Morgan fingerprint density at radius 3 is 2.26 bits per heavy atom. The van der Waals surface area contributed by atoms with Gasteiger partial charge in [0.1, 0.15) is 0 Å². The molecule has 11 nitrogen and oxygen atoms in total. The molecule has 4 heterocycles. The Morgan fingerprint density at radius 2 is 1.56 bits per heavy atom. The first-order valence-corrected chi connectivity index (χ1v) is 18.3. The standard InChI is InChI=1S/C39H50N6O5/c1-29(13-8-11-21-42-28-31(20-24-46)40-41-42)39(50)34-26-33(44-23-10-5-3-7-17-37(44)48)18-19-35(34)45(38(39)49)27-30-14-12-15-32(25-30)43-22-9-4-2-6-16-36(43)47/h8,12-15,18-19,25-26,28-29,46,50H,2-7,9-11,16-17,20-24,27H2,1H3/b13-8+/t29-,39+/m1/s1. The maximum Gasteiger partial charge on any atom is 0.264 e. The molecule has 266 valence electrons. The summed E-state index contributed by atoms with van der Waals surface area (Å²) in [5.41, 5.74) is 2.37. The molecule has 1 aromatic heterocycles. The van der Waals surface area contributed by atoms with Crippen molar-refractivity contribution in [1.82, 2.24) is 15.0 Å². The highest BCUT2D eigenvalue weighted by Gasteiger charge is 2.52. The van der Waals surface area contributed by atoms with Gasteiger partial charge in [-0.2, -0.15) is 0 Å². The van der Waals surface area contributed by atoms with Crippen LogP contribution in [0.3, 0.4) is 0 Å². The number of amides is 3. The monoisotopic (exact) mass is 682 g/mol. The Hall–Kier alpha value is -4.35. The van der Waals surface area contributed by atoms with Crippen LogP contribution in [0.25, 0.3) is 0 Å². The first-order chi connectivity index (χ1) is 24.3. The van der Waals surface area contributed by atoms with E-state index in [0.29, 0.717) is 62.3 Å². The van der Waals surface area contributed by atoms with E-state index in [2.05, 4.69) is 10.3 Å². The molecule has 0 aliphatic carbocycles. The summed E-state index contributed by atoms with van der Waals surface area (Å²) in [6.45, 7) is 3.93. The summed E-state index contributed by atoms with van der Waals surface area (Å²) in [6.07, 6.45) is 15.6. The number of rotatable bonds is 11. The molecule has 0 unspecified atom stereocenters. The number of carbonyl (C=O) groups excluding carboxylic acids is 3. The molecular formula is C39H50N6O5. The molecule has 11 heteroatoms. The molecule has 2 fully saturated rings. The summed E-state index contributed by atoms with van der Waals surface area (Å²) in [4.78, 5) is 46.0. The number of anilines is 3. The van der Waals surface area contributed by atoms with E-state index in [1.807, 2.05) is 72.6 Å². The average molecular weight is 683 g/mol. The lowest BCUT2D eigenvalue weighted by Crippen LogP contribution is -2.44. The van der Waals surface area contributed by atoms with Crippen LogP contribution in [0.4, 0.5) is 17.1 Å². The van der Waals surface area contributed by atoms with E-state index in [1.165, 1.54) is 0 Å². The third-order valence-corrected chi connectivity index (χ3v) is 10.3. The number of nitrogens with zero attached hydrogens (tertiary/aromatic N) is 6. The predicted molar refractivity (Wildman–Crippen MR) is 193 cm³/mol. The maximum absolute atomic E-state index is 14.5. The van der Waals surface area contributed by atoms with Crippen LogP contribution >= 0.6 is 0 Å². The molecule has 3 aromatic rings. The molecular weight excluding hydrogens is 632 g/mol. The number of carbonyl (C=O) groups is 3. The van der Waals surface area contributed by atoms with Gasteiger partial charge in [0.2, 0.25) is 11.8 Å². The number of aliphatic hydroxyl groups is 2. The molecule has 3 amide bonds. The van der Waals surface area contributed by atoms with Crippen LogP contribution in [-0.2, 0) is 39.5 Å². The normalized spacial score (nSPS) is 21.3. The van der Waals surface area contributed by atoms with Gasteiger partial charge in [-0.15, -0.1) is 5.10 Å². The Balaban J connectivity index is 1.28. The third kappa shape index (κ3) is 7.68. The predicted octanol–water partition coefficient (Wildman–Crippen LogP) is 5.42. The van der Waals surface area contributed by atoms with Crippen molar-refractivity contribution in [2.24, 2.45) is 5.92 Å². The van der Waals surface area contributed by atoms with Gasteiger partial charge in [0.15, 0.2) is 5.60 Å². The summed E-state index contributed by atoms with van der Waals surface area (Å²) < 4.78 is 1.72. The molecule has 6 rings (SSSR count). The van der Waals surface area contributed by atoms with Crippen molar-refractivity contribution < 1.29 is 24.6 Å². The van der Waals surface area contributed by atoms with E-state index in [9.17, 15) is 19.5 Å². The quantitative estimate of drug-likeness (QED) is 0.258. The second kappa shape index (κ2) is 16.1. The van der Waals surface area contributed by atoms with Crippen LogP contribution in [0.2, 0.25) is 0 Å². The Kier molecular flexibility index (Phi) is 11.4. The number of benzene rings is 2. The molecule has 0 bridgehead atoms. The van der Waals surface area contributed by atoms with Gasteiger partial charge in [-0.1, -0.05) is 62.1 Å². The molecule has 3 aliphatic heterocycles. The fraction of sp³-hybridized carbons (Fsp3) is 0.513. The first kappa shape index (κ1) is 35.5. The second-order valence-electron chi connectivity index (χ2n) is 13.9. The smallest absolute Gasteiger partial charge is 0.264 e. The number of hydrogen-bond donors (Lipinski definition) is 2. The molecule has 2 atom stereocenters. The summed E-state index contributed by atoms with van der Waals surface area (Å²) in [6, 6.07) is 13.4. The molecule has 2 N–H and O–H groups in total. The van der Waals surface area contributed by atoms with Crippen LogP contribution in [0.1, 0.15) is 94.4 Å². The van der Waals surface area contributed by atoms with Crippen LogP contribution in [0.5, 0.6) is 0 Å². The maximum atomic E-state index is 14.5. The van der Waals surface area contributed by atoms with Gasteiger partial charge >= 0.3 is 0 Å². The topological polar surface area (TPSA) is 132 Å². The molecule has 3 aliphatic rings. The van der Waals surface area contributed by atoms with Crippen molar-refractivity contribution in [3.8, 4) is 0 Å². The number of allylic oxidation sites excluding steroid dienone is 1. The van der Waals surface area contributed by atoms with Gasteiger partial charge in [-0.25, -0.2) is 0 Å². The second-order valence-corrected chi connectivity index (χ2v) is 13.9. The molecule has 2 saturated heterocycles. The number of fused-ring (bicyclic) bond motifs is 1. The number of aliphatic hydroxyl groups excluding tert-OH is 1. The highest BCUT2D eigenvalue weighted by Crippen LogP contribution is 2.47. The molecule has 0 spiro atoms. The molecule has 2 aromatic carbocycles. The van der Waals surface area contributed by atoms with Crippen molar-refractivity contribution in [1.29, 1.82) is 0 Å². The third-order valence-electron chi connectivity index (χ3n) is 10.3. The van der Waals surface area contributed by atoms with E-state index in [4.69, 9.17) is 5.11 Å². The van der Waals surface area contributed by atoms with Crippen LogP contribution < -0.4 is 14.7 Å². The minimum Gasteiger partial charge on any atom is -0.396 e. The molecule has 0 saturated carbocycles. The lowest BCUT2D eigenvalue weighted by Gasteiger charge is -2.29. The van der Waals surface area contributed by atoms with E-state index in [0.717, 1.165) is 68.3 Å². The summed E-state index contributed by atoms with van der Waals surface area (Å²) in [5, 5.41) is 29.9. The van der Waals surface area contributed by atoms with E-state index < -0.39 is 17.4 Å². The van der Waals surface area contributed by atoms with Gasteiger partial charge in [0.25, 0.3) is 5.91 Å². The largest absolute Gasteiger partial charge is 0.396 e. The van der Waals surface area contributed by atoms with E-state index in [-0.39, 0.29) is 25.0 Å². The highest BCUT2D eigenvalue weighted by molar-refractivity contribution is 6.08. The van der Waals surface area contributed by atoms with Gasteiger partial charge in [-0.3, -0.25) is 19.1 Å². The van der Waals surface area contributed by atoms with Crippen molar-refractivity contribution in [3.05, 3.63) is 77.6 Å². The Labute approximate surface area is 294 Å². The van der Waals surface area contributed by atoms with Crippen LogP contribution in [0, 0.1) is 5.92 Å². The number of aryl methyl sites for hydroxylation is 1. The zero-order chi connectivity index (χ0) is 35.1. The Bertz CT molecular complexity index is 1700. The molecule has 0 radical (unpaired) electrons. The van der Waals surface area contributed by atoms with Gasteiger partial charge < -0.3 is 24.9 Å². The summed E-state index contributed by atoms with van der Waals surface area (Å²) in [7, 11) is 0. The van der Waals surface area contributed by atoms with Crippen molar-refractivity contribution in [2.45, 2.75) is 103 Å². The van der Waals surface area contributed by atoms with Crippen LogP contribution in [0.15, 0.2) is 60.8 Å². The summed E-state index contributed by atoms with van der Waals surface area (Å²) >= 11 is 0. The number of hydrogen-bond acceptors (Lipinski definition) is 7. The van der Waals surface area contributed by atoms with Crippen molar-refractivity contribution in [3.63, 3.8) is 0 Å². The zero-order valence-electron chi connectivity index (χ0n) is 29.2. The van der Waals surface area contributed by atoms with Crippen molar-refractivity contribution >= 4 is 34.8 Å². The van der Waals surface area contributed by atoms with Gasteiger partial charge in [0, 0.05) is 74.6 Å². The van der Waals surface area contributed by atoms with E-state index >= 15 is 0 Å². The zero-order valence-corrected chi connectivity index (χ0v) is 29.2. The van der Waals surface area contributed by atoms with Gasteiger partial charge in [0.05, 0.1) is 17.9 Å². The first-order valence-electron chi connectivity index (χ1n) is 18.3. The number of aromatic nitrogens is 3. The highest BCUT2D eigenvalue weighted by atomic mass is 16.3.